The first-order chi connectivity index (χ1) is 20.1. The van der Waals surface area contributed by atoms with E-state index in [0.29, 0.717) is 66.9 Å². The second-order valence-corrected chi connectivity index (χ2v) is 13.8. The molecule has 0 spiro atoms. The monoisotopic (exact) mass is 619 g/mol. The third kappa shape index (κ3) is 5.40. The van der Waals surface area contributed by atoms with E-state index in [-0.39, 0.29) is 22.1 Å². The number of halogens is 2. The number of carbonyl (C=O) groups excluding carboxylic acids is 1. The fourth-order valence-electron chi connectivity index (χ4n) is 5.72. The molecule has 42 heavy (non-hydrogen) atoms. The van der Waals surface area contributed by atoms with E-state index in [4.69, 9.17) is 0 Å². The standard InChI is InChI=1S/C26H31F2N9O3S2/c1-34(17-5-3-2-4-6-17)25(38)36-11-9-35(10-12-36)20-13-18(42(39,40)33-26(16-29)7-8-26)14-21-19(20)15-30-37(21)24-32-31-23(41-24)22(27)28/h13-15,17,22,33H,2-12H2,1H3. The number of sulfonamides is 1. The summed E-state index contributed by atoms with van der Waals surface area (Å²) in [6.07, 6.45) is 5.07. The number of anilines is 1. The molecular formula is C26H31F2N9O3S2. The number of carbonyl (C=O) groups is 1. The fourth-order valence-corrected chi connectivity index (χ4v) is 7.80. The molecule has 224 valence electrons. The van der Waals surface area contributed by atoms with E-state index in [2.05, 4.69) is 20.0 Å². The lowest BCUT2D eigenvalue weighted by atomic mass is 9.95. The van der Waals surface area contributed by atoms with Crippen molar-refractivity contribution in [1.82, 2.24) is 34.5 Å². The van der Waals surface area contributed by atoms with Gasteiger partial charge in [0.25, 0.3) is 6.43 Å². The minimum Gasteiger partial charge on any atom is -0.367 e. The maximum atomic E-state index is 13.5. The van der Waals surface area contributed by atoms with Crippen molar-refractivity contribution in [3.05, 3.63) is 23.3 Å². The SMILES string of the molecule is CN(C(=O)N1CCN(c2cc(S(=O)(=O)NC3(C#N)CC3)cc3c2cnn3-c2nnc(C(F)F)s2)CC1)C1CCCCC1. The molecule has 1 aliphatic heterocycles. The number of aromatic nitrogens is 4. The van der Waals surface area contributed by atoms with Crippen molar-refractivity contribution < 1.29 is 22.0 Å². The fraction of sp³-hybridized carbons (Fsp3) is 0.577. The normalized spacial score (nSPS) is 19.3. The Hall–Kier alpha value is -3.42. The molecule has 3 aromatic rings. The van der Waals surface area contributed by atoms with Gasteiger partial charge in [0.1, 0.15) is 5.54 Å². The summed E-state index contributed by atoms with van der Waals surface area (Å²) in [5.41, 5.74) is -0.204. The van der Waals surface area contributed by atoms with Crippen LogP contribution in [0.5, 0.6) is 0 Å². The van der Waals surface area contributed by atoms with Crippen LogP contribution in [0.3, 0.4) is 0 Å². The number of urea groups is 1. The molecule has 3 fully saturated rings. The van der Waals surface area contributed by atoms with Crippen molar-refractivity contribution in [1.29, 1.82) is 5.26 Å². The number of hydrogen-bond donors (Lipinski definition) is 1. The van der Waals surface area contributed by atoms with Gasteiger partial charge in [0.05, 0.1) is 22.7 Å². The first kappa shape index (κ1) is 28.7. The van der Waals surface area contributed by atoms with Crippen LogP contribution in [0.25, 0.3) is 16.0 Å². The molecule has 2 aliphatic carbocycles. The minimum atomic E-state index is -4.12. The molecule has 2 saturated carbocycles. The summed E-state index contributed by atoms with van der Waals surface area (Å²) in [5.74, 6) is 0. The van der Waals surface area contributed by atoms with Crippen molar-refractivity contribution in [2.45, 2.75) is 67.8 Å². The lowest BCUT2D eigenvalue weighted by molar-refractivity contribution is 0.132. The quantitative estimate of drug-likeness (QED) is 0.423. The molecule has 2 amide bonds. The van der Waals surface area contributed by atoms with Gasteiger partial charge in [-0.1, -0.05) is 30.6 Å². The Labute approximate surface area is 245 Å². The highest BCUT2D eigenvalue weighted by atomic mass is 32.2. The summed E-state index contributed by atoms with van der Waals surface area (Å²) in [5, 5.41) is 21.4. The van der Waals surface area contributed by atoms with Crippen LogP contribution in [-0.4, -0.2) is 89.0 Å². The number of nitriles is 1. The second kappa shape index (κ2) is 11.0. The predicted molar refractivity (Wildman–Crippen MR) is 151 cm³/mol. The first-order valence-corrected chi connectivity index (χ1v) is 16.3. The first-order valence-electron chi connectivity index (χ1n) is 14.0. The molecule has 0 bridgehead atoms. The minimum absolute atomic E-state index is 0.00242. The van der Waals surface area contributed by atoms with Gasteiger partial charge in [0.15, 0.2) is 5.01 Å². The number of nitrogens with zero attached hydrogens (tertiary/aromatic N) is 8. The zero-order valence-corrected chi connectivity index (χ0v) is 24.7. The van der Waals surface area contributed by atoms with Crippen LogP contribution in [-0.2, 0) is 10.0 Å². The molecule has 3 heterocycles. The Kier molecular flexibility index (Phi) is 7.52. The van der Waals surface area contributed by atoms with E-state index in [1.165, 1.54) is 17.2 Å². The lowest BCUT2D eigenvalue weighted by Gasteiger charge is -2.40. The van der Waals surface area contributed by atoms with Gasteiger partial charge in [0.2, 0.25) is 15.2 Å². The van der Waals surface area contributed by atoms with Crippen LogP contribution in [0.4, 0.5) is 19.3 Å². The van der Waals surface area contributed by atoms with E-state index >= 15 is 0 Å². The lowest BCUT2D eigenvalue weighted by Crippen LogP contribution is -2.54. The average Bonchev–Trinajstić information content (AvgIpc) is 3.38. The van der Waals surface area contributed by atoms with Gasteiger partial charge >= 0.3 is 6.03 Å². The van der Waals surface area contributed by atoms with Gasteiger partial charge in [-0.2, -0.15) is 15.1 Å². The second-order valence-electron chi connectivity index (χ2n) is 11.1. The van der Waals surface area contributed by atoms with Crippen LogP contribution in [0.2, 0.25) is 0 Å². The molecule has 3 aliphatic rings. The third-order valence-corrected chi connectivity index (χ3v) is 10.8. The van der Waals surface area contributed by atoms with Gasteiger partial charge in [-0.15, -0.1) is 10.2 Å². The number of alkyl halides is 2. The van der Waals surface area contributed by atoms with Crippen molar-refractivity contribution in [3.63, 3.8) is 0 Å². The van der Waals surface area contributed by atoms with E-state index in [9.17, 15) is 27.3 Å². The van der Waals surface area contributed by atoms with Crippen LogP contribution in [0.15, 0.2) is 23.2 Å². The largest absolute Gasteiger partial charge is 0.367 e. The van der Waals surface area contributed by atoms with Crippen LogP contribution >= 0.6 is 11.3 Å². The highest BCUT2D eigenvalue weighted by molar-refractivity contribution is 7.89. The van der Waals surface area contributed by atoms with Gasteiger partial charge in [-0.3, -0.25) is 0 Å². The number of rotatable bonds is 7. The molecule has 1 saturated heterocycles. The van der Waals surface area contributed by atoms with Gasteiger partial charge < -0.3 is 14.7 Å². The topological polar surface area (TPSA) is 140 Å². The van der Waals surface area contributed by atoms with Crippen molar-refractivity contribution in [3.8, 4) is 11.2 Å². The molecule has 6 rings (SSSR count). The maximum absolute atomic E-state index is 13.5. The maximum Gasteiger partial charge on any atom is 0.320 e. The summed E-state index contributed by atoms with van der Waals surface area (Å²) < 4.78 is 57.2. The van der Waals surface area contributed by atoms with Crippen molar-refractivity contribution in [2.75, 3.05) is 38.1 Å². The molecule has 0 radical (unpaired) electrons. The number of nitrogens with one attached hydrogen (secondary N) is 1. The highest BCUT2D eigenvalue weighted by Crippen LogP contribution is 2.38. The Morgan fingerprint density at radius 2 is 1.88 bits per heavy atom. The summed E-state index contributed by atoms with van der Waals surface area (Å²) in [6, 6.07) is 5.23. The Bertz CT molecular complexity index is 1630. The smallest absolute Gasteiger partial charge is 0.320 e. The van der Waals surface area contributed by atoms with Crippen molar-refractivity contribution in [2.24, 2.45) is 0 Å². The Morgan fingerprint density at radius 1 is 1.17 bits per heavy atom. The van der Waals surface area contributed by atoms with E-state index in [1.807, 2.05) is 27.8 Å². The molecule has 16 heteroatoms. The molecule has 0 unspecified atom stereocenters. The average molecular weight is 620 g/mol. The molecule has 12 nitrogen and oxygen atoms in total. The summed E-state index contributed by atoms with van der Waals surface area (Å²) in [4.78, 5) is 18.9. The molecule has 1 N–H and O–H groups in total. The molecule has 2 aromatic heterocycles. The molecule has 1 aromatic carbocycles. The van der Waals surface area contributed by atoms with Gasteiger partial charge in [-0.25, -0.2) is 26.7 Å². The number of amides is 2. The van der Waals surface area contributed by atoms with Crippen LogP contribution in [0.1, 0.15) is 56.4 Å². The Balaban J connectivity index is 1.31. The zero-order chi connectivity index (χ0) is 29.6. The van der Waals surface area contributed by atoms with E-state index in [0.717, 1.165) is 25.7 Å². The van der Waals surface area contributed by atoms with E-state index < -0.39 is 27.0 Å². The zero-order valence-electron chi connectivity index (χ0n) is 23.0. The van der Waals surface area contributed by atoms with Crippen LogP contribution < -0.4 is 9.62 Å². The number of piperazine rings is 1. The number of benzene rings is 1. The van der Waals surface area contributed by atoms with Crippen molar-refractivity contribution >= 4 is 44.0 Å². The third-order valence-electron chi connectivity index (χ3n) is 8.36. The number of hydrogen-bond acceptors (Lipinski definition) is 9. The van der Waals surface area contributed by atoms with Gasteiger partial charge in [-0.05, 0) is 37.8 Å². The van der Waals surface area contributed by atoms with Gasteiger partial charge in [0, 0.05) is 50.3 Å². The Morgan fingerprint density at radius 3 is 2.50 bits per heavy atom. The summed E-state index contributed by atoms with van der Waals surface area (Å²) in [6.45, 7) is 1.81. The highest BCUT2D eigenvalue weighted by Gasteiger charge is 2.47. The summed E-state index contributed by atoms with van der Waals surface area (Å²) >= 11 is 0.667. The molecule has 0 atom stereocenters. The van der Waals surface area contributed by atoms with Crippen LogP contribution in [0, 0.1) is 11.3 Å². The summed E-state index contributed by atoms with van der Waals surface area (Å²) in [7, 11) is -2.25. The van der Waals surface area contributed by atoms with E-state index in [1.54, 1.807) is 12.3 Å². The molecular weight excluding hydrogens is 588 g/mol. The number of fused-ring (bicyclic) bond motifs is 1. The predicted octanol–water partition coefficient (Wildman–Crippen LogP) is 3.66.